The van der Waals surface area contributed by atoms with Crippen LogP contribution in [0.5, 0.6) is 0 Å². The van der Waals surface area contributed by atoms with Gasteiger partial charge in [0.15, 0.2) is 0 Å². The second-order valence-electron chi connectivity index (χ2n) is 8.06. The number of para-hydroxylation sites is 1. The van der Waals surface area contributed by atoms with Gasteiger partial charge in [-0.05, 0) is 67.2 Å². The SMILES string of the molecule is CC1CCc2c(sc(NC(=O)CSc3nnnn3-c3ccccc3)c2C(=O)OC(C)C)C1. The third-order valence-corrected chi connectivity index (χ3v) is 7.17. The Morgan fingerprint density at radius 2 is 2.09 bits per heavy atom. The highest BCUT2D eigenvalue weighted by Crippen LogP contribution is 2.40. The Bertz CT molecular complexity index is 1110. The standard InChI is InChI=1S/C22H25N5O3S2/c1-13(2)30-21(29)19-16-10-9-14(3)11-17(16)32-20(19)23-18(28)12-31-22-24-25-26-27(22)15-7-5-4-6-8-15/h4-8,13-14H,9-12H2,1-3H3,(H,23,28). The van der Waals surface area contributed by atoms with Gasteiger partial charge in [0.2, 0.25) is 11.1 Å². The van der Waals surface area contributed by atoms with E-state index in [1.165, 1.54) is 23.1 Å². The third-order valence-electron chi connectivity index (χ3n) is 5.09. The number of rotatable bonds is 7. The maximum atomic E-state index is 12.8. The summed E-state index contributed by atoms with van der Waals surface area (Å²) in [7, 11) is 0. The zero-order chi connectivity index (χ0) is 22.7. The first kappa shape index (κ1) is 22.5. The van der Waals surface area contributed by atoms with Crippen LogP contribution in [-0.2, 0) is 22.4 Å². The number of ether oxygens (including phenoxy) is 1. The summed E-state index contributed by atoms with van der Waals surface area (Å²) < 4.78 is 7.07. The predicted octanol–water partition coefficient (Wildman–Crippen LogP) is 4.14. The van der Waals surface area contributed by atoms with Gasteiger partial charge in [-0.2, -0.15) is 4.68 Å². The molecule has 1 amide bonds. The molecular weight excluding hydrogens is 446 g/mol. The van der Waals surface area contributed by atoms with Crippen LogP contribution in [0.4, 0.5) is 5.00 Å². The molecule has 0 saturated heterocycles. The molecule has 1 aliphatic rings. The van der Waals surface area contributed by atoms with Crippen LogP contribution in [-0.4, -0.2) is 43.9 Å². The number of carbonyl (C=O) groups is 2. The molecule has 0 aliphatic heterocycles. The first-order chi connectivity index (χ1) is 15.4. The molecule has 1 aromatic carbocycles. The Kier molecular flexibility index (Phi) is 6.90. The molecule has 8 nitrogen and oxygen atoms in total. The van der Waals surface area contributed by atoms with Crippen LogP contribution >= 0.6 is 23.1 Å². The van der Waals surface area contributed by atoms with E-state index in [0.717, 1.165) is 35.4 Å². The summed E-state index contributed by atoms with van der Waals surface area (Å²) in [5, 5.41) is 15.8. The molecule has 0 spiro atoms. The quantitative estimate of drug-likeness (QED) is 0.408. The van der Waals surface area contributed by atoms with Crippen molar-refractivity contribution in [3.8, 4) is 5.69 Å². The number of fused-ring (bicyclic) bond motifs is 1. The number of anilines is 1. The Morgan fingerprint density at radius 3 is 2.84 bits per heavy atom. The van der Waals surface area contributed by atoms with Crippen molar-refractivity contribution in [3.05, 3.63) is 46.3 Å². The number of carbonyl (C=O) groups excluding carboxylic acids is 2. The number of aromatic nitrogens is 4. The summed E-state index contributed by atoms with van der Waals surface area (Å²) in [6.07, 6.45) is 2.54. The summed E-state index contributed by atoms with van der Waals surface area (Å²) in [5.74, 6) is 0.0853. The van der Waals surface area contributed by atoms with Gasteiger partial charge >= 0.3 is 5.97 Å². The lowest BCUT2D eigenvalue weighted by molar-refractivity contribution is -0.113. The van der Waals surface area contributed by atoms with Crippen LogP contribution in [0.3, 0.4) is 0 Å². The van der Waals surface area contributed by atoms with Crippen molar-refractivity contribution in [2.24, 2.45) is 5.92 Å². The predicted molar refractivity (Wildman–Crippen MR) is 125 cm³/mol. The molecule has 1 unspecified atom stereocenters. The summed E-state index contributed by atoms with van der Waals surface area (Å²) >= 11 is 2.72. The maximum absolute atomic E-state index is 12.8. The van der Waals surface area contributed by atoms with Crippen molar-refractivity contribution in [2.45, 2.75) is 51.3 Å². The molecule has 32 heavy (non-hydrogen) atoms. The highest BCUT2D eigenvalue weighted by molar-refractivity contribution is 7.99. The van der Waals surface area contributed by atoms with Gasteiger partial charge in [0.05, 0.1) is 23.1 Å². The van der Waals surface area contributed by atoms with E-state index in [1.54, 1.807) is 4.68 Å². The molecular formula is C22H25N5O3S2. The van der Waals surface area contributed by atoms with Gasteiger partial charge in [0.25, 0.3) is 0 Å². The highest BCUT2D eigenvalue weighted by atomic mass is 32.2. The smallest absolute Gasteiger partial charge is 0.341 e. The molecule has 1 atom stereocenters. The lowest BCUT2D eigenvalue weighted by atomic mass is 9.88. The minimum absolute atomic E-state index is 0.116. The summed E-state index contributed by atoms with van der Waals surface area (Å²) in [4.78, 5) is 26.8. The van der Waals surface area contributed by atoms with Crippen LogP contribution < -0.4 is 5.32 Å². The number of hydrogen-bond acceptors (Lipinski definition) is 8. The van der Waals surface area contributed by atoms with E-state index < -0.39 is 0 Å². The molecule has 4 rings (SSSR count). The van der Waals surface area contributed by atoms with Gasteiger partial charge in [-0.3, -0.25) is 4.79 Å². The highest BCUT2D eigenvalue weighted by Gasteiger charge is 2.29. The van der Waals surface area contributed by atoms with Crippen molar-refractivity contribution in [1.29, 1.82) is 0 Å². The number of thioether (sulfide) groups is 1. The van der Waals surface area contributed by atoms with Gasteiger partial charge in [0.1, 0.15) is 5.00 Å². The van der Waals surface area contributed by atoms with Crippen LogP contribution in [0.15, 0.2) is 35.5 Å². The number of tetrazole rings is 1. The number of benzene rings is 1. The van der Waals surface area contributed by atoms with Gasteiger partial charge in [0, 0.05) is 4.88 Å². The fourth-order valence-corrected chi connectivity index (χ4v) is 5.73. The van der Waals surface area contributed by atoms with E-state index in [1.807, 2.05) is 44.2 Å². The number of thiophene rings is 1. The lowest BCUT2D eigenvalue weighted by Crippen LogP contribution is -2.19. The molecule has 1 aliphatic carbocycles. The van der Waals surface area contributed by atoms with E-state index >= 15 is 0 Å². The topological polar surface area (TPSA) is 99.0 Å². The Balaban J connectivity index is 1.49. The minimum atomic E-state index is -0.372. The molecule has 0 radical (unpaired) electrons. The second kappa shape index (κ2) is 9.83. The maximum Gasteiger partial charge on any atom is 0.341 e. The number of amides is 1. The number of hydrogen-bond donors (Lipinski definition) is 1. The monoisotopic (exact) mass is 471 g/mol. The second-order valence-corrected chi connectivity index (χ2v) is 10.1. The third kappa shape index (κ3) is 5.02. The van der Waals surface area contributed by atoms with Crippen molar-refractivity contribution in [2.75, 3.05) is 11.1 Å². The van der Waals surface area contributed by atoms with E-state index in [9.17, 15) is 9.59 Å². The van der Waals surface area contributed by atoms with E-state index in [4.69, 9.17) is 4.74 Å². The Hall–Kier alpha value is -2.72. The summed E-state index contributed by atoms with van der Waals surface area (Å²) in [6.45, 7) is 5.86. The van der Waals surface area contributed by atoms with Crippen molar-refractivity contribution in [3.63, 3.8) is 0 Å². The van der Waals surface area contributed by atoms with Crippen LogP contribution in [0, 0.1) is 5.92 Å². The molecule has 0 saturated carbocycles. The van der Waals surface area contributed by atoms with E-state index in [2.05, 4.69) is 27.8 Å². The van der Waals surface area contributed by atoms with Gasteiger partial charge in [-0.1, -0.05) is 36.9 Å². The minimum Gasteiger partial charge on any atom is -0.459 e. The Morgan fingerprint density at radius 1 is 1.31 bits per heavy atom. The van der Waals surface area contributed by atoms with Crippen LogP contribution in [0.1, 0.15) is 48.0 Å². The number of nitrogens with one attached hydrogen (secondary N) is 1. The fraction of sp³-hybridized carbons (Fsp3) is 0.409. The Labute approximate surface area is 194 Å². The van der Waals surface area contributed by atoms with Crippen LogP contribution in [0.2, 0.25) is 0 Å². The molecule has 0 fully saturated rings. The average Bonchev–Trinajstić information content (AvgIpc) is 3.36. The van der Waals surface area contributed by atoms with Crippen LogP contribution in [0.25, 0.3) is 5.69 Å². The molecule has 168 valence electrons. The van der Waals surface area contributed by atoms with Gasteiger partial charge in [-0.15, -0.1) is 16.4 Å². The van der Waals surface area contributed by atoms with Crippen molar-refractivity contribution >= 4 is 40.0 Å². The van der Waals surface area contributed by atoms with Gasteiger partial charge < -0.3 is 10.1 Å². The molecule has 2 heterocycles. The first-order valence-corrected chi connectivity index (χ1v) is 12.3. The largest absolute Gasteiger partial charge is 0.459 e. The molecule has 2 aromatic heterocycles. The van der Waals surface area contributed by atoms with E-state index in [0.29, 0.717) is 21.6 Å². The zero-order valence-electron chi connectivity index (χ0n) is 18.2. The van der Waals surface area contributed by atoms with Crippen molar-refractivity contribution < 1.29 is 14.3 Å². The summed E-state index contributed by atoms with van der Waals surface area (Å²) in [6, 6.07) is 9.50. The fourth-order valence-electron chi connectivity index (χ4n) is 3.62. The lowest BCUT2D eigenvalue weighted by Gasteiger charge is -2.18. The summed E-state index contributed by atoms with van der Waals surface area (Å²) in [5.41, 5.74) is 2.35. The molecule has 1 N–H and O–H groups in total. The molecule has 0 bridgehead atoms. The molecule has 3 aromatic rings. The average molecular weight is 472 g/mol. The normalized spacial score (nSPS) is 15.4. The van der Waals surface area contributed by atoms with E-state index in [-0.39, 0.29) is 23.7 Å². The van der Waals surface area contributed by atoms with Gasteiger partial charge in [-0.25, -0.2) is 4.79 Å². The number of nitrogens with zero attached hydrogens (tertiary/aromatic N) is 4. The number of esters is 1. The first-order valence-electron chi connectivity index (χ1n) is 10.5. The molecule has 10 heteroatoms. The van der Waals surface area contributed by atoms with Crippen molar-refractivity contribution in [1.82, 2.24) is 20.2 Å². The zero-order valence-corrected chi connectivity index (χ0v) is 19.8.